The minimum atomic E-state index is 0.340. The van der Waals surface area contributed by atoms with Gasteiger partial charge >= 0.3 is 0 Å². The molecule has 0 amide bonds. The third-order valence-corrected chi connectivity index (χ3v) is 5.79. The molecule has 26 heavy (non-hydrogen) atoms. The summed E-state index contributed by atoms with van der Waals surface area (Å²) in [6, 6.07) is 4.04. The van der Waals surface area contributed by atoms with Crippen molar-refractivity contribution in [3.8, 4) is 0 Å². The molecular weight excluding hydrogens is 400 g/mol. The fraction of sp³-hybridized carbons (Fsp3) is 0.412. The Morgan fingerprint density at radius 3 is 2.77 bits per heavy atom. The molecule has 1 spiro atoms. The summed E-state index contributed by atoms with van der Waals surface area (Å²) in [4.78, 5) is 11.6. The van der Waals surface area contributed by atoms with Crippen LogP contribution in [0.4, 0.5) is 11.5 Å². The number of pyridine rings is 2. The first kappa shape index (κ1) is 16.0. The van der Waals surface area contributed by atoms with E-state index in [4.69, 9.17) is 20.1 Å². The molecule has 0 aromatic carbocycles. The minimum absolute atomic E-state index is 0.340. The highest BCUT2D eigenvalue weighted by Crippen LogP contribution is 2.41. The van der Waals surface area contributed by atoms with Gasteiger partial charge in [-0.05, 0) is 45.3 Å². The first-order valence-electron chi connectivity index (χ1n) is 8.40. The summed E-state index contributed by atoms with van der Waals surface area (Å²) >= 11 is 3.62. The Labute approximate surface area is 157 Å². The molecule has 134 valence electrons. The van der Waals surface area contributed by atoms with E-state index < -0.39 is 0 Å². The number of nitrogens with zero attached hydrogens (tertiary/aromatic N) is 5. The molecule has 2 saturated heterocycles. The maximum Gasteiger partial charge on any atom is 0.226 e. The largest absolute Gasteiger partial charge is 0.396 e. The van der Waals surface area contributed by atoms with Gasteiger partial charge in [-0.3, -0.25) is 0 Å². The van der Waals surface area contributed by atoms with Crippen molar-refractivity contribution in [1.29, 1.82) is 0 Å². The van der Waals surface area contributed by atoms with Crippen molar-refractivity contribution in [1.82, 2.24) is 20.3 Å². The number of nitrogens with two attached hydrogens (primary N) is 1. The lowest BCUT2D eigenvalue weighted by molar-refractivity contribution is -0.127. The highest BCUT2D eigenvalue weighted by Gasteiger charge is 2.49. The van der Waals surface area contributed by atoms with Crippen molar-refractivity contribution < 1.29 is 9.37 Å². The number of aromatic nitrogens is 4. The van der Waals surface area contributed by atoms with E-state index in [1.54, 1.807) is 0 Å². The second kappa shape index (κ2) is 5.62. The standard InChI is InChI=1S/C17H17BrN6O2/c1-9-11(13(19)14-15(20-9)23-26-22-14)4-10-2-3-12(18)16(21-10)24-5-17(6-24)7-25-8-17/h2-3H,4-8,19H2,1H3. The van der Waals surface area contributed by atoms with E-state index in [0.717, 1.165) is 53.5 Å². The van der Waals surface area contributed by atoms with E-state index in [2.05, 4.69) is 36.1 Å². The zero-order valence-electron chi connectivity index (χ0n) is 14.2. The average molecular weight is 417 g/mol. The molecule has 0 saturated carbocycles. The molecule has 2 N–H and O–H groups in total. The van der Waals surface area contributed by atoms with E-state index in [9.17, 15) is 0 Å². The first-order valence-corrected chi connectivity index (χ1v) is 9.19. The van der Waals surface area contributed by atoms with Crippen LogP contribution in [0.2, 0.25) is 0 Å². The quantitative estimate of drug-likeness (QED) is 0.691. The Morgan fingerprint density at radius 2 is 2.04 bits per heavy atom. The van der Waals surface area contributed by atoms with Gasteiger partial charge in [0.2, 0.25) is 5.65 Å². The number of hydrogen-bond donors (Lipinski definition) is 1. The molecule has 0 aliphatic carbocycles. The van der Waals surface area contributed by atoms with Crippen molar-refractivity contribution in [3.05, 3.63) is 33.6 Å². The Kier molecular flexibility index (Phi) is 3.45. The van der Waals surface area contributed by atoms with Gasteiger partial charge in [0.05, 0.1) is 28.8 Å². The molecule has 0 radical (unpaired) electrons. The third-order valence-electron chi connectivity index (χ3n) is 5.17. The highest BCUT2D eigenvalue weighted by atomic mass is 79.9. The summed E-state index contributed by atoms with van der Waals surface area (Å²) in [5, 5.41) is 7.62. The number of nitrogen functional groups attached to an aromatic ring is 1. The molecule has 2 aliphatic rings. The summed E-state index contributed by atoms with van der Waals surface area (Å²) in [5.41, 5.74) is 10.7. The van der Waals surface area contributed by atoms with E-state index in [1.807, 2.05) is 19.1 Å². The minimum Gasteiger partial charge on any atom is -0.396 e. The van der Waals surface area contributed by atoms with Crippen LogP contribution in [-0.2, 0) is 11.2 Å². The van der Waals surface area contributed by atoms with Gasteiger partial charge in [-0.1, -0.05) is 0 Å². The fourth-order valence-corrected chi connectivity index (χ4v) is 4.14. The van der Waals surface area contributed by atoms with E-state index in [0.29, 0.717) is 28.7 Å². The number of aryl methyl sites for hydroxylation is 1. The smallest absolute Gasteiger partial charge is 0.226 e. The number of rotatable bonds is 3. The van der Waals surface area contributed by atoms with Crippen LogP contribution in [0.5, 0.6) is 0 Å². The normalized spacial score (nSPS) is 18.2. The molecular formula is C17H17BrN6O2. The summed E-state index contributed by atoms with van der Waals surface area (Å²) in [6.07, 6.45) is 0.579. The maximum absolute atomic E-state index is 6.27. The van der Waals surface area contributed by atoms with Gasteiger partial charge in [-0.25, -0.2) is 14.6 Å². The number of anilines is 2. The van der Waals surface area contributed by atoms with Crippen molar-refractivity contribution in [2.45, 2.75) is 13.3 Å². The average Bonchev–Trinajstić information content (AvgIpc) is 2.99. The first-order chi connectivity index (χ1) is 12.5. The Balaban J connectivity index is 1.45. The summed E-state index contributed by atoms with van der Waals surface area (Å²) < 4.78 is 11.1. The zero-order chi connectivity index (χ0) is 17.9. The van der Waals surface area contributed by atoms with Crippen molar-refractivity contribution in [3.63, 3.8) is 0 Å². The molecule has 5 heterocycles. The monoisotopic (exact) mass is 416 g/mol. The zero-order valence-corrected chi connectivity index (χ0v) is 15.8. The van der Waals surface area contributed by atoms with Crippen LogP contribution in [0.3, 0.4) is 0 Å². The van der Waals surface area contributed by atoms with Gasteiger partial charge in [0.1, 0.15) is 5.82 Å². The van der Waals surface area contributed by atoms with Gasteiger partial charge in [0.15, 0.2) is 5.52 Å². The molecule has 3 aromatic heterocycles. The van der Waals surface area contributed by atoms with Crippen LogP contribution in [-0.4, -0.2) is 46.6 Å². The predicted octanol–water partition coefficient (Wildman–Crippen LogP) is 2.09. The highest BCUT2D eigenvalue weighted by molar-refractivity contribution is 9.10. The van der Waals surface area contributed by atoms with Crippen molar-refractivity contribution in [2.75, 3.05) is 36.9 Å². The number of ether oxygens (including phenoxy) is 1. The predicted molar refractivity (Wildman–Crippen MR) is 99.0 cm³/mol. The van der Waals surface area contributed by atoms with Gasteiger partial charge in [0.25, 0.3) is 0 Å². The Bertz CT molecular complexity index is 1010. The van der Waals surface area contributed by atoms with Crippen LogP contribution < -0.4 is 10.6 Å². The second-order valence-electron chi connectivity index (χ2n) is 7.16. The lowest BCUT2D eigenvalue weighted by atomic mass is 9.78. The van der Waals surface area contributed by atoms with Crippen LogP contribution in [0.25, 0.3) is 11.2 Å². The van der Waals surface area contributed by atoms with Gasteiger partial charge in [0, 0.05) is 36.5 Å². The molecule has 2 fully saturated rings. The Morgan fingerprint density at radius 1 is 1.23 bits per heavy atom. The lowest BCUT2D eigenvalue weighted by Crippen LogP contribution is -2.66. The summed E-state index contributed by atoms with van der Waals surface area (Å²) in [5.74, 6) is 0.966. The van der Waals surface area contributed by atoms with Crippen LogP contribution >= 0.6 is 15.9 Å². The van der Waals surface area contributed by atoms with Crippen LogP contribution in [0.15, 0.2) is 21.2 Å². The van der Waals surface area contributed by atoms with Gasteiger partial charge in [-0.2, -0.15) is 0 Å². The summed E-state index contributed by atoms with van der Waals surface area (Å²) in [7, 11) is 0. The fourth-order valence-electron chi connectivity index (χ4n) is 3.67. The second-order valence-corrected chi connectivity index (χ2v) is 8.01. The molecule has 0 bridgehead atoms. The summed E-state index contributed by atoms with van der Waals surface area (Å²) in [6.45, 7) is 5.60. The van der Waals surface area contributed by atoms with Crippen LogP contribution in [0, 0.1) is 12.3 Å². The van der Waals surface area contributed by atoms with E-state index in [1.165, 1.54) is 0 Å². The number of halogens is 1. The number of hydrogen-bond acceptors (Lipinski definition) is 8. The van der Waals surface area contributed by atoms with E-state index >= 15 is 0 Å². The van der Waals surface area contributed by atoms with E-state index in [-0.39, 0.29) is 0 Å². The maximum atomic E-state index is 6.27. The van der Waals surface area contributed by atoms with Gasteiger partial charge in [-0.15, -0.1) is 0 Å². The lowest BCUT2D eigenvalue weighted by Gasteiger charge is -2.55. The van der Waals surface area contributed by atoms with Gasteiger partial charge < -0.3 is 15.4 Å². The van der Waals surface area contributed by atoms with Crippen molar-refractivity contribution >= 4 is 38.6 Å². The molecule has 8 nitrogen and oxygen atoms in total. The topological polar surface area (TPSA) is 103 Å². The molecule has 0 unspecified atom stereocenters. The molecule has 9 heteroatoms. The molecule has 3 aromatic rings. The Hall–Kier alpha value is -2.26. The molecule has 5 rings (SSSR count). The third kappa shape index (κ3) is 2.38. The van der Waals surface area contributed by atoms with Crippen LogP contribution in [0.1, 0.15) is 17.0 Å². The molecule has 2 aliphatic heterocycles. The molecule has 0 atom stereocenters. The number of fused-ring (bicyclic) bond motifs is 1. The SMILES string of the molecule is Cc1nc2nonc2c(N)c1Cc1ccc(Br)c(N2CC3(COC3)C2)n1. The van der Waals surface area contributed by atoms with Crippen molar-refractivity contribution in [2.24, 2.45) is 5.41 Å².